The van der Waals surface area contributed by atoms with E-state index in [-0.39, 0.29) is 43.1 Å². The van der Waals surface area contributed by atoms with Gasteiger partial charge in [-0.25, -0.2) is 0 Å². The first-order valence-electron chi connectivity index (χ1n) is 10.9. The number of carbonyl (C=O) groups is 3. The van der Waals surface area contributed by atoms with Crippen LogP contribution >= 0.6 is 0 Å². The van der Waals surface area contributed by atoms with Gasteiger partial charge in [-0.3, -0.25) is 14.4 Å². The van der Waals surface area contributed by atoms with Gasteiger partial charge in [0.1, 0.15) is 0 Å². The van der Waals surface area contributed by atoms with Crippen molar-refractivity contribution in [3.8, 4) is 11.5 Å². The van der Waals surface area contributed by atoms with Crippen LogP contribution in [-0.4, -0.2) is 55.3 Å². The minimum atomic E-state index is -0.204. The Morgan fingerprint density at radius 3 is 2.28 bits per heavy atom. The quantitative estimate of drug-likeness (QED) is 0.608. The van der Waals surface area contributed by atoms with Crippen LogP contribution in [0, 0.1) is 6.92 Å². The van der Waals surface area contributed by atoms with Gasteiger partial charge in [0.05, 0.1) is 7.11 Å². The van der Waals surface area contributed by atoms with Crippen molar-refractivity contribution in [2.24, 2.45) is 0 Å². The topological polar surface area (TPSA) is 84.9 Å². The molecule has 3 rings (SSSR count). The lowest BCUT2D eigenvalue weighted by molar-refractivity contribution is -0.132. The molecule has 2 amide bonds. The van der Waals surface area contributed by atoms with E-state index in [2.05, 4.69) is 5.32 Å². The zero-order valence-electron chi connectivity index (χ0n) is 18.6. The first kappa shape index (κ1) is 23.3. The van der Waals surface area contributed by atoms with Crippen molar-refractivity contribution in [3.05, 3.63) is 59.7 Å². The van der Waals surface area contributed by atoms with E-state index in [1.165, 1.54) is 0 Å². The number of benzene rings is 2. The Labute approximate surface area is 188 Å². The fourth-order valence-corrected chi connectivity index (χ4v) is 3.69. The highest BCUT2D eigenvalue weighted by molar-refractivity contribution is 5.98. The number of aryl methyl sites for hydroxylation is 1. The van der Waals surface area contributed by atoms with Crippen LogP contribution in [0.4, 0.5) is 0 Å². The molecule has 0 radical (unpaired) electrons. The number of ketones is 1. The van der Waals surface area contributed by atoms with E-state index in [4.69, 9.17) is 9.47 Å². The van der Waals surface area contributed by atoms with E-state index < -0.39 is 0 Å². The molecule has 2 aromatic carbocycles. The zero-order valence-corrected chi connectivity index (χ0v) is 18.6. The van der Waals surface area contributed by atoms with E-state index in [1.54, 1.807) is 36.3 Å². The third-order valence-electron chi connectivity index (χ3n) is 5.58. The Balaban J connectivity index is 1.36. The van der Waals surface area contributed by atoms with Crippen molar-refractivity contribution < 1.29 is 23.9 Å². The Hall–Kier alpha value is -3.35. The lowest BCUT2D eigenvalue weighted by atomic mass is 10.0. The van der Waals surface area contributed by atoms with Gasteiger partial charge >= 0.3 is 0 Å². The summed E-state index contributed by atoms with van der Waals surface area (Å²) >= 11 is 0. The lowest BCUT2D eigenvalue weighted by Gasteiger charge is -2.32. The van der Waals surface area contributed by atoms with Crippen LogP contribution in [0.3, 0.4) is 0 Å². The molecule has 1 N–H and O–H groups in total. The summed E-state index contributed by atoms with van der Waals surface area (Å²) in [5.74, 6) is 0.855. The molecule has 0 atom stereocenters. The number of nitrogens with one attached hydrogen (secondary N) is 1. The molecular formula is C25H30N2O5. The van der Waals surface area contributed by atoms with Crippen LogP contribution in [0.5, 0.6) is 11.5 Å². The van der Waals surface area contributed by atoms with Gasteiger partial charge in [-0.15, -0.1) is 0 Å². The van der Waals surface area contributed by atoms with Crippen molar-refractivity contribution in [2.75, 3.05) is 26.8 Å². The molecule has 7 heteroatoms. The van der Waals surface area contributed by atoms with Crippen LogP contribution in [0.1, 0.15) is 41.6 Å². The van der Waals surface area contributed by atoms with Crippen LogP contribution in [-0.2, 0) is 9.59 Å². The molecule has 2 aromatic rings. The van der Waals surface area contributed by atoms with Gasteiger partial charge in [0.25, 0.3) is 5.91 Å². The van der Waals surface area contributed by atoms with E-state index in [9.17, 15) is 14.4 Å². The predicted octanol–water partition coefficient (Wildman–Crippen LogP) is 3.15. The van der Waals surface area contributed by atoms with Crippen LogP contribution < -0.4 is 14.8 Å². The smallest absolute Gasteiger partial charge is 0.258 e. The molecule has 170 valence electrons. The van der Waals surface area contributed by atoms with Crippen LogP contribution in [0.15, 0.2) is 48.5 Å². The second-order valence-corrected chi connectivity index (χ2v) is 7.95. The minimum Gasteiger partial charge on any atom is -0.493 e. The molecular weight excluding hydrogens is 408 g/mol. The summed E-state index contributed by atoms with van der Waals surface area (Å²) in [6.45, 7) is 3.00. The molecule has 0 spiro atoms. The Bertz CT molecular complexity index is 934. The predicted molar refractivity (Wildman–Crippen MR) is 121 cm³/mol. The van der Waals surface area contributed by atoms with Gasteiger partial charge in [0.2, 0.25) is 5.91 Å². The number of nitrogens with zero attached hydrogens (tertiary/aromatic N) is 1. The monoisotopic (exact) mass is 438 g/mol. The average molecular weight is 439 g/mol. The second-order valence-electron chi connectivity index (χ2n) is 7.95. The molecule has 1 saturated heterocycles. The number of likely N-dealkylation sites (tertiary alicyclic amines) is 1. The van der Waals surface area contributed by atoms with Gasteiger partial charge in [0, 0.05) is 37.5 Å². The van der Waals surface area contributed by atoms with E-state index in [0.717, 1.165) is 5.56 Å². The van der Waals surface area contributed by atoms with Crippen molar-refractivity contribution in [1.82, 2.24) is 10.2 Å². The van der Waals surface area contributed by atoms with Crippen molar-refractivity contribution in [1.29, 1.82) is 0 Å². The molecule has 0 bridgehead atoms. The van der Waals surface area contributed by atoms with E-state index in [0.29, 0.717) is 43.0 Å². The summed E-state index contributed by atoms with van der Waals surface area (Å²) in [6.07, 6.45) is 1.77. The maximum atomic E-state index is 12.5. The highest BCUT2D eigenvalue weighted by Crippen LogP contribution is 2.25. The number of para-hydroxylation sites is 2. The van der Waals surface area contributed by atoms with Gasteiger partial charge < -0.3 is 19.7 Å². The summed E-state index contributed by atoms with van der Waals surface area (Å²) in [5.41, 5.74) is 1.74. The van der Waals surface area contributed by atoms with Gasteiger partial charge in [-0.1, -0.05) is 42.0 Å². The summed E-state index contributed by atoms with van der Waals surface area (Å²) in [4.78, 5) is 38.8. The Kier molecular flexibility index (Phi) is 8.25. The van der Waals surface area contributed by atoms with Crippen LogP contribution in [0.2, 0.25) is 0 Å². The number of ether oxygens (including phenoxy) is 2. The number of methoxy groups -OCH3 is 1. The highest BCUT2D eigenvalue weighted by atomic mass is 16.5. The largest absolute Gasteiger partial charge is 0.493 e. The average Bonchev–Trinajstić information content (AvgIpc) is 2.82. The van der Waals surface area contributed by atoms with Crippen molar-refractivity contribution in [3.63, 3.8) is 0 Å². The number of rotatable bonds is 9. The van der Waals surface area contributed by atoms with E-state index >= 15 is 0 Å². The third kappa shape index (κ3) is 6.57. The fourth-order valence-electron chi connectivity index (χ4n) is 3.69. The maximum absolute atomic E-state index is 12.5. The number of hydrogen-bond donors (Lipinski definition) is 1. The molecule has 0 saturated carbocycles. The molecule has 1 aliphatic heterocycles. The summed E-state index contributed by atoms with van der Waals surface area (Å²) in [7, 11) is 1.55. The van der Waals surface area contributed by atoms with Gasteiger partial charge in [0.15, 0.2) is 23.9 Å². The number of piperidine rings is 1. The number of Topliss-reactive ketones (excluding diaryl/α,β-unsaturated/α-hetero) is 1. The maximum Gasteiger partial charge on any atom is 0.258 e. The van der Waals surface area contributed by atoms with Crippen LogP contribution in [0.25, 0.3) is 0 Å². The van der Waals surface area contributed by atoms with Crippen molar-refractivity contribution in [2.45, 2.75) is 38.6 Å². The summed E-state index contributed by atoms with van der Waals surface area (Å²) in [5, 5.41) is 2.97. The van der Waals surface area contributed by atoms with Crippen molar-refractivity contribution >= 4 is 17.6 Å². The highest BCUT2D eigenvalue weighted by Gasteiger charge is 2.24. The Morgan fingerprint density at radius 2 is 1.62 bits per heavy atom. The third-order valence-corrected chi connectivity index (χ3v) is 5.58. The van der Waals surface area contributed by atoms with E-state index in [1.807, 2.05) is 31.2 Å². The normalized spacial score (nSPS) is 14.0. The Morgan fingerprint density at radius 1 is 0.969 bits per heavy atom. The number of amides is 2. The first-order valence-corrected chi connectivity index (χ1v) is 10.9. The molecule has 0 aliphatic carbocycles. The SMILES string of the molecule is COc1ccccc1OCC(=O)NC1CCN(C(=O)CCC(=O)c2ccc(C)cc2)CC1. The molecule has 32 heavy (non-hydrogen) atoms. The second kappa shape index (κ2) is 11.3. The molecule has 0 aromatic heterocycles. The molecule has 0 unspecified atom stereocenters. The van der Waals surface area contributed by atoms with Gasteiger partial charge in [-0.2, -0.15) is 0 Å². The number of hydrogen-bond acceptors (Lipinski definition) is 5. The lowest BCUT2D eigenvalue weighted by Crippen LogP contribution is -2.47. The zero-order chi connectivity index (χ0) is 22.9. The number of carbonyl (C=O) groups excluding carboxylic acids is 3. The summed E-state index contributed by atoms with van der Waals surface area (Å²) in [6, 6.07) is 14.6. The molecule has 1 heterocycles. The minimum absolute atomic E-state index is 0.00186. The molecule has 1 fully saturated rings. The first-order chi connectivity index (χ1) is 15.5. The fraction of sp³-hybridized carbons (Fsp3) is 0.400. The molecule has 1 aliphatic rings. The van der Waals surface area contributed by atoms with Gasteiger partial charge in [-0.05, 0) is 31.9 Å². The molecule has 7 nitrogen and oxygen atoms in total. The summed E-state index contributed by atoms with van der Waals surface area (Å²) < 4.78 is 10.8. The standard InChI is InChI=1S/C25H30N2O5/c1-18-7-9-19(10-8-18)21(28)11-12-25(30)27-15-13-20(14-16-27)26-24(29)17-32-23-6-4-3-5-22(23)31-2/h3-10,20H,11-17H2,1-2H3,(H,26,29).